The molecule has 0 spiro atoms. The summed E-state index contributed by atoms with van der Waals surface area (Å²) in [7, 11) is 0. The van der Waals surface area contributed by atoms with Crippen LogP contribution in [-0.2, 0) is 4.79 Å². The number of hydrogen-bond donors (Lipinski definition) is 3. The van der Waals surface area contributed by atoms with Gasteiger partial charge in [-0.25, -0.2) is 4.39 Å². The third-order valence-electron chi connectivity index (χ3n) is 3.38. The van der Waals surface area contributed by atoms with Crippen LogP contribution in [0.1, 0.15) is 11.7 Å². The van der Waals surface area contributed by atoms with Crippen molar-refractivity contribution in [1.82, 2.24) is 5.32 Å². The first-order valence-electron chi connectivity index (χ1n) is 5.95. The van der Waals surface area contributed by atoms with Crippen molar-refractivity contribution in [2.45, 2.75) is 6.10 Å². The number of nitrogens with one attached hydrogen (secondary N) is 2. The summed E-state index contributed by atoms with van der Waals surface area (Å²) in [5.74, 6) is -0.895. The molecule has 3 N–H and O–H groups in total. The van der Waals surface area contributed by atoms with E-state index in [1.807, 2.05) is 4.90 Å². The Morgan fingerprint density at radius 3 is 2.78 bits per heavy atom. The predicted molar refractivity (Wildman–Crippen MR) is 65.1 cm³/mol. The molecule has 1 aromatic rings. The smallest absolute Gasteiger partial charge is 0.257 e. The molecule has 1 atom stereocenters. The summed E-state index contributed by atoms with van der Waals surface area (Å²) >= 11 is 0. The quantitative estimate of drug-likeness (QED) is 0.668. The Morgan fingerprint density at radius 2 is 2.06 bits per heavy atom. The highest BCUT2D eigenvalue weighted by molar-refractivity contribution is 6.02. The molecule has 5 nitrogen and oxygen atoms in total. The van der Waals surface area contributed by atoms with Crippen molar-refractivity contribution in [3.63, 3.8) is 0 Å². The number of amides is 1. The van der Waals surface area contributed by atoms with Crippen LogP contribution in [0.3, 0.4) is 0 Å². The topological polar surface area (TPSA) is 64.6 Å². The zero-order chi connectivity index (χ0) is 12.7. The number of carbonyl (C=O) groups excluding carboxylic acids is 1. The minimum absolute atomic E-state index is 0.316. The van der Waals surface area contributed by atoms with E-state index in [-0.39, 0.29) is 0 Å². The van der Waals surface area contributed by atoms with E-state index in [9.17, 15) is 14.3 Å². The van der Waals surface area contributed by atoms with Gasteiger partial charge in [-0.05, 0) is 12.1 Å². The van der Waals surface area contributed by atoms with Crippen molar-refractivity contribution >= 4 is 17.3 Å². The van der Waals surface area contributed by atoms with Gasteiger partial charge in [0.15, 0.2) is 6.10 Å². The molecule has 1 aromatic carbocycles. The number of fused-ring (bicyclic) bond motifs is 1. The fourth-order valence-electron chi connectivity index (χ4n) is 2.40. The van der Waals surface area contributed by atoms with Crippen LogP contribution in [0, 0.1) is 5.82 Å². The van der Waals surface area contributed by atoms with Crippen LogP contribution in [-0.4, -0.2) is 37.2 Å². The fourth-order valence-corrected chi connectivity index (χ4v) is 2.40. The van der Waals surface area contributed by atoms with Gasteiger partial charge in [-0.1, -0.05) is 0 Å². The lowest BCUT2D eigenvalue weighted by molar-refractivity contribution is -0.123. The summed E-state index contributed by atoms with van der Waals surface area (Å²) in [5, 5.41) is 15.3. The molecule has 2 heterocycles. The first-order chi connectivity index (χ1) is 8.66. The second-order valence-corrected chi connectivity index (χ2v) is 4.52. The number of nitrogens with zero attached hydrogens (tertiary/aromatic N) is 1. The van der Waals surface area contributed by atoms with Crippen LogP contribution in [0.5, 0.6) is 0 Å². The normalized spacial score (nSPS) is 22.9. The van der Waals surface area contributed by atoms with Gasteiger partial charge < -0.3 is 20.6 Å². The number of aliphatic hydroxyl groups excluding tert-OH is 1. The summed E-state index contributed by atoms with van der Waals surface area (Å²) in [4.78, 5) is 13.3. The SMILES string of the molecule is O=C1Nc2cc(N3CCNCC3)c(F)cc2C1O. The molecule has 0 saturated carbocycles. The van der Waals surface area contributed by atoms with Crippen molar-refractivity contribution in [2.24, 2.45) is 0 Å². The van der Waals surface area contributed by atoms with Gasteiger partial charge in [-0.3, -0.25) is 4.79 Å². The van der Waals surface area contributed by atoms with Crippen LogP contribution < -0.4 is 15.5 Å². The second-order valence-electron chi connectivity index (χ2n) is 4.52. The number of benzene rings is 1. The third-order valence-corrected chi connectivity index (χ3v) is 3.38. The standard InChI is InChI=1S/C12H14FN3O2/c13-8-5-7-9(15-12(18)11(7)17)6-10(8)16-3-1-14-2-4-16/h5-6,11,14,17H,1-4H2,(H,15,18). The zero-order valence-electron chi connectivity index (χ0n) is 9.74. The predicted octanol–water partition coefficient (Wildman–Crippen LogP) is 0.221. The van der Waals surface area contributed by atoms with Crippen LogP contribution in [0.15, 0.2) is 12.1 Å². The van der Waals surface area contributed by atoms with Gasteiger partial charge in [0.05, 0.1) is 5.69 Å². The molecule has 0 aromatic heterocycles. The van der Waals surface area contributed by atoms with Gasteiger partial charge in [0.25, 0.3) is 5.91 Å². The van der Waals surface area contributed by atoms with E-state index in [1.54, 1.807) is 6.07 Å². The van der Waals surface area contributed by atoms with E-state index in [0.29, 0.717) is 16.9 Å². The molecule has 0 radical (unpaired) electrons. The Morgan fingerprint density at radius 1 is 1.33 bits per heavy atom. The number of halogens is 1. The van der Waals surface area contributed by atoms with Gasteiger partial charge in [-0.2, -0.15) is 0 Å². The molecule has 1 amide bonds. The van der Waals surface area contributed by atoms with E-state index < -0.39 is 17.8 Å². The Balaban J connectivity index is 1.97. The highest BCUT2D eigenvalue weighted by atomic mass is 19.1. The molecule has 96 valence electrons. The molecule has 18 heavy (non-hydrogen) atoms. The van der Waals surface area contributed by atoms with E-state index in [1.165, 1.54) is 6.07 Å². The molecule has 1 fully saturated rings. The van der Waals surface area contributed by atoms with Gasteiger partial charge in [0.2, 0.25) is 0 Å². The molecule has 2 aliphatic rings. The van der Waals surface area contributed by atoms with Crippen LogP contribution in [0.4, 0.5) is 15.8 Å². The average Bonchev–Trinajstić information content (AvgIpc) is 2.66. The summed E-state index contributed by atoms with van der Waals surface area (Å²) in [6.45, 7) is 3.08. The Kier molecular flexibility index (Phi) is 2.68. The fraction of sp³-hybridized carbons (Fsp3) is 0.417. The maximum atomic E-state index is 14.0. The number of rotatable bonds is 1. The number of aliphatic hydroxyl groups is 1. The maximum Gasteiger partial charge on any atom is 0.257 e. The lowest BCUT2D eigenvalue weighted by Crippen LogP contribution is -2.43. The van der Waals surface area contributed by atoms with Crippen LogP contribution in [0.2, 0.25) is 0 Å². The average molecular weight is 251 g/mol. The molecular formula is C12H14FN3O2. The Bertz CT molecular complexity index is 500. The van der Waals surface area contributed by atoms with Crippen LogP contribution >= 0.6 is 0 Å². The van der Waals surface area contributed by atoms with E-state index in [4.69, 9.17) is 0 Å². The van der Waals surface area contributed by atoms with E-state index in [0.717, 1.165) is 26.2 Å². The van der Waals surface area contributed by atoms with Gasteiger partial charge in [0.1, 0.15) is 5.82 Å². The zero-order valence-corrected chi connectivity index (χ0v) is 9.74. The molecule has 1 unspecified atom stereocenters. The summed E-state index contributed by atoms with van der Waals surface area (Å²) in [5.41, 5.74) is 1.29. The minimum Gasteiger partial charge on any atom is -0.378 e. The number of piperazine rings is 1. The van der Waals surface area contributed by atoms with Crippen molar-refractivity contribution in [3.8, 4) is 0 Å². The summed E-state index contributed by atoms with van der Waals surface area (Å²) < 4.78 is 14.0. The Labute approximate surface area is 104 Å². The lowest BCUT2D eigenvalue weighted by atomic mass is 10.1. The highest BCUT2D eigenvalue weighted by Crippen LogP contribution is 2.35. The number of hydrogen-bond acceptors (Lipinski definition) is 4. The maximum absolute atomic E-state index is 14.0. The lowest BCUT2D eigenvalue weighted by Gasteiger charge is -2.30. The van der Waals surface area contributed by atoms with Gasteiger partial charge in [-0.15, -0.1) is 0 Å². The number of anilines is 2. The van der Waals surface area contributed by atoms with Crippen LogP contribution in [0.25, 0.3) is 0 Å². The molecule has 0 aliphatic carbocycles. The first kappa shape index (κ1) is 11.4. The van der Waals surface area contributed by atoms with Crippen molar-refractivity contribution in [3.05, 3.63) is 23.5 Å². The number of carbonyl (C=O) groups is 1. The van der Waals surface area contributed by atoms with Gasteiger partial charge in [0, 0.05) is 37.4 Å². The van der Waals surface area contributed by atoms with E-state index in [2.05, 4.69) is 10.6 Å². The Hall–Kier alpha value is -1.66. The second kappa shape index (κ2) is 4.22. The monoisotopic (exact) mass is 251 g/mol. The van der Waals surface area contributed by atoms with Crippen molar-refractivity contribution < 1.29 is 14.3 Å². The van der Waals surface area contributed by atoms with Gasteiger partial charge >= 0.3 is 0 Å². The minimum atomic E-state index is -1.26. The van der Waals surface area contributed by atoms with Crippen molar-refractivity contribution in [1.29, 1.82) is 0 Å². The van der Waals surface area contributed by atoms with Crippen molar-refractivity contribution in [2.75, 3.05) is 36.4 Å². The molecule has 1 saturated heterocycles. The summed E-state index contributed by atoms with van der Waals surface area (Å²) in [6.07, 6.45) is -1.26. The highest BCUT2D eigenvalue weighted by Gasteiger charge is 2.30. The van der Waals surface area contributed by atoms with E-state index >= 15 is 0 Å². The summed E-state index contributed by atoms with van der Waals surface area (Å²) in [6, 6.07) is 2.85. The first-order valence-corrected chi connectivity index (χ1v) is 5.95. The molecule has 3 rings (SSSR count). The third kappa shape index (κ3) is 1.74. The molecular weight excluding hydrogens is 237 g/mol. The molecule has 6 heteroatoms. The molecule has 2 aliphatic heterocycles. The molecule has 0 bridgehead atoms. The largest absolute Gasteiger partial charge is 0.378 e.